The molecule has 1 aromatic rings. The SMILES string of the molecule is Cc1ccc(N(C)CC(C(=N)N)C(F)(F)F)c(C)c1. The molecule has 1 atom stereocenters. The number of nitrogens with one attached hydrogen (secondary N) is 1. The van der Waals surface area contributed by atoms with Gasteiger partial charge in [-0.2, -0.15) is 13.2 Å². The zero-order valence-corrected chi connectivity index (χ0v) is 11.2. The van der Waals surface area contributed by atoms with E-state index in [0.29, 0.717) is 5.69 Å². The summed E-state index contributed by atoms with van der Waals surface area (Å²) in [5, 5.41) is 7.08. The Morgan fingerprint density at radius 2 is 1.95 bits per heavy atom. The van der Waals surface area contributed by atoms with E-state index in [0.717, 1.165) is 11.1 Å². The van der Waals surface area contributed by atoms with Crippen molar-refractivity contribution in [3.05, 3.63) is 29.3 Å². The minimum atomic E-state index is -4.50. The first-order valence-electron chi connectivity index (χ1n) is 5.82. The molecule has 1 aromatic carbocycles. The lowest BCUT2D eigenvalue weighted by atomic mass is 10.1. The van der Waals surface area contributed by atoms with Crippen LogP contribution in [0.5, 0.6) is 0 Å². The number of nitrogens with zero attached hydrogens (tertiary/aromatic N) is 1. The highest BCUT2D eigenvalue weighted by atomic mass is 19.4. The van der Waals surface area contributed by atoms with E-state index in [1.165, 1.54) is 4.90 Å². The van der Waals surface area contributed by atoms with Gasteiger partial charge in [-0.25, -0.2) is 0 Å². The smallest absolute Gasteiger partial charge is 0.387 e. The van der Waals surface area contributed by atoms with Gasteiger partial charge in [-0.1, -0.05) is 17.7 Å². The standard InChI is InChI=1S/C13H18F3N3/c1-8-4-5-11(9(2)6-8)19(3)7-10(12(17)18)13(14,15)16/h4-6,10H,7H2,1-3H3,(H3,17,18). The topological polar surface area (TPSA) is 53.1 Å². The summed E-state index contributed by atoms with van der Waals surface area (Å²) in [5.74, 6) is -2.80. The number of nitrogens with two attached hydrogens (primary N) is 1. The van der Waals surface area contributed by atoms with E-state index in [-0.39, 0.29) is 6.54 Å². The van der Waals surface area contributed by atoms with Gasteiger partial charge in [0.05, 0.1) is 0 Å². The zero-order chi connectivity index (χ0) is 14.8. The highest BCUT2D eigenvalue weighted by molar-refractivity contribution is 5.81. The van der Waals surface area contributed by atoms with Gasteiger partial charge in [-0.05, 0) is 25.5 Å². The predicted octanol–water partition coefficient (Wildman–Crippen LogP) is 2.85. The van der Waals surface area contributed by atoms with Crippen LogP contribution in [0.3, 0.4) is 0 Å². The number of alkyl halides is 3. The molecule has 0 aliphatic carbocycles. The summed E-state index contributed by atoms with van der Waals surface area (Å²) in [6, 6.07) is 5.52. The Balaban J connectivity index is 2.94. The Kier molecular flexibility index (Phi) is 4.44. The number of benzene rings is 1. The maximum absolute atomic E-state index is 12.8. The first kappa shape index (κ1) is 15.3. The van der Waals surface area contributed by atoms with Crippen molar-refractivity contribution >= 4 is 11.5 Å². The number of amidine groups is 1. The molecule has 1 rings (SSSR count). The van der Waals surface area contributed by atoms with Crippen LogP contribution in [0.4, 0.5) is 18.9 Å². The molecule has 0 aliphatic heterocycles. The van der Waals surface area contributed by atoms with Gasteiger partial charge in [0.25, 0.3) is 0 Å². The van der Waals surface area contributed by atoms with Crippen LogP contribution in [-0.2, 0) is 0 Å². The summed E-state index contributed by atoms with van der Waals surface area (Å²) in [6.45, 7) is 3.41. The molecule has 106 valence electrons. The Morgan fingerprint density at radius 1 is 1.37 bits per heavy atom. The van der Waals surface area contributed by atoms with Crippen LogP contribution in [-0.4, -0.2) is 25.6 Å². The second-order valence-electron chi connectivity index (χ2n) is 4.72. The second kappa shape index (κ2) is 5.50. The molecule has 0 heterocycles. The van der Waals surface area contributed by atoms with Crippen molar-refractivity contribution in [3.63, 3.8) is 0 Å². The van der Waals surface area contributed by atoms with E-state index in [1.807, 2.05) is 26.0 Å². The number of anilines is 1. The van der Waals surface area contributed by atoms with Gasteiger partial charge < -0.3 is 10.6 Å². The lowest BCUT2D eigenvalue weighted by Crippen LogP contribution is -2.43. The van der Waals surface area contributed by atoms with E-state index in [1.54, 1.807) is 13.1 Å². The molecule has 0 radical (unpaired) electrons. The van der Waals surface area contributed by atoms with Gasteiger partial charge in [-0.3, -0.25) is 5.41 Å². The van der Waals surface area contributed by atoms with Crippen molar-refractivity contribution in [1.29, 1.82) is 5.41 Å². The third kappa shape index (κ3) is 3.87. The van der Waals surface area contributed by atoms with Crippen LogP contribution in [0.1, 0.15) is 11.1 Å². The largest absolute Gasteiger partial charge is 0.400 e. The minimum absolute atomic E-state index is 0.358. The van der Waals surface area contributed by atoms with Crippen LogP contribution >= 0.6 is 0 Å². The lowest BCUT2D eigenvalue weighted by molar-refractivity contribution is -0.153. The van der Waals surface area contributed by atoms with Crippen LogP contribution in [0, 0.1) is 25.2 Å². The normalized spacial score (nSPS) is 13.2. The van der Waals surface area contributed by atoms with E-state index in [9.17, 15) is 13.2 Å². The molecule has 1 unspecified atom stereocenters. The van der Waals surface area contributed by atoms with E-state index in [4.69, 9.17) is 11.1 Å². The fourth-order valence-electron chi connectivity index (χ4n) is 1.98. The van der Waals surface area contributed by atoms with E-state index < -0.39 is 17.9 Å². The van der Waals surface area contributed by atoms with E-state index in [2.05, 4.69) is 0 Å². The van der Waals surface area contributed by atoms with Gasteiger partial charge in [0.15, 0.2) is 0 Å². The molecule has 0 saturated carbocycles. The number of aryl methyl sites for hydroxylation is 2. The third-order valence-corrected chi connectivity index (χ3v) is 2.99. The number of halogens is 3. The Morgan fingerprint density at radius 3 is 2.37 bits per heavy atom. The molecule has 0 fully saturated rings. The Labute approximate surface area is 110 Å². The molecular formula is C13H18F3N3. The molecule has 0 bridgehead atoms. The zero-order valence-electron chi connectivity index (χ0n) is 11.2. The molecule has 3 nitrogen and oxygen atoms in total. The van der Waals surface area contributed by atoms with Gasteiger partial charge >= 0.3 is 6.18 Å². The minimum Gasteiger partial charge on any atom is -0.387 e. The molecule has 6 heteroatoms. The van der Waals surface area contributed by atoms with Crippen LogP contribution in [0.15, 0.2) is 18.2 Å². The molecule has 0 saturated heterocycles. The summed E-state index contributed by atoms with van der Waals surface area (Å²) in [7, 11) is 1.57. The van der Waals surface area contributed by atoms with Crippen LogP contribution < -0.4 is 10.6 Å². The quantitative estimate of drug-likeness (QED) is 0.654. The van der Waals surface area contributed by atoms with Gasteiger partial charge in [-0.15, -0.1) is 0 Å². The van der Waals surface area contributed by atoms with E-state index >= 15 is 0 Å². The Hall–Kier alpha value is -1.72. The molecule has 0 aliphatic rings. The monoisotopic (exact) mass is 273 g/mol. The van der Waals surface area contributed by atoms with Crippen LogP contribution in [0.2, 0.25) is 0 Å². The lowest BCUT2D eigenvalue weighted by Gasteiger charge is -2.27. The summed E-state index contributed by atoms with van der Waals surface area (Å²) in [6.07, 6.45) is -4.50. The fraction of sp³-hybridized carbons (Fsp3) is 0.462. The van der Waals surface area contributed by atoms with Crippen molar-refractivity contribution in [2.75, 3.05) is 18.5 Å². The maximum Gasteiger partial charge on any atom is 0.400 e. The van der Waals surface area contributed by atoms with Crippen molar-refractivity contribution in [3.8, 4) is 0 Å². The summed E-state index contributed by atoms with van der Waals surface area (Å²) in [5.41, 5.74) is 7.70. The first-order valence-corrected chi connectivity index (χ1v) is 5.82. The molecular weight excluding hydrogens is 255 g/mol. The third-order valence-electron chi connectivity index (χ3n) is 2.99. The highest BCUT2D eigenvalue weighted by Crippen LogP contribution is 2.29. The first-order chi connectivity index (χ1) is 8.62. The summed E-state index contributed by atoms with van der Waals surface area (Å²) in [4.78, 5) is 1.48. The molecule has 0 aromatic heterocycles. The van der Waals surface area contributed by atoms with Crippen molar-refractivity contribution < 1.29 is 13.2 Å². The molecule has 0 amide bonds. The van der Waals surface area contributed by atoms with Gasteiger partial charge in [0.2, 0.25) is 0 Å². The van der Waals surface area contributed by atoms with Crippen molar-refractivity contribution in [2.45, 2.75) is 20.0 Å². The average Bonchev–Trinajstić information content (AvgIpc) is 2.23. The second-order valence-corrected chi connectivity index (χ2v) is 4.72. The fourth-order valence-corrected chi connectivity index (χ4v) is 1.98. The van der Waals surface area contributed by atoms with Gasteiger partial charge in [0.1, 0.15) is 11.8 Å². The predicted molar refractivity (Wildman–Crippen MR) is 70.6 cm³/mol. The maximum atomic E-state index is 12.8. The van der Waals surface area contributed by atoms with Gasteiger partial charge in [0, 0.05) is 19.3 Å². The molecule has 3 N–H and O–H groups in total. The molecule has 0 spiro atoms. The number of hydrogen-bond acceptors (Lipinski definition) is 2. The summed E-state index contributed by atoms with van der Waals surface area (Å²) < 4.78 is 38.3. The Bertz CT molecular complexity index is 469. The summed E-state index contributed by atoms with van der Waals surface area (Å²) >= 11 is 0. The highest BCUT2D eigenvalue weighted by Gasteiger charge is 2.42. The van der Waals surface area contributed by atoms with Crippen LogP contribution in [0.25, 0.3) is 0 Å². The van der Waals surface area contributed by atoms with Crippen molar-refractivity contribution in [2.24, 2.45) is 11.7 Å². The number of rotatable bonds is 4. The average molecular weight is 273 g/mol. The molecule has 19 heavy (non-hydrogen) atoms. The number of hydrogen-bond donors (Lipinski definition) is 2. The van der Waals surface area contributed by atoms with Crippen molar-refractivity contribution in [1.82, 2.24) is 0 Å².